The third-order valence-corrected chi connectivity index (χ3v) is 4.98. The van der Waals surface area contributed by atoms with Gasteiger partial charge in [-0.25, -0.2) is 14.2 Å². The highest BCUT2D eigenvalue weighted by Gasteiger charge is 2.10. The van der Waals surface area contributed by atoms with Crippen LogP contribution in [0.2, 0.25) is 0 Å². The molecule has 0 amide bonds. The molecule has 3 N–H and O–H groups in total. The Bertz CT molecular complexity index is 1400. The van der Waals surface area contributed by atoms with Gasteiger partial charge in [-0.1, -0.05) is 28.6 Å². The Hall–Kier alpha value is -4.79. The predicted octanol–water partition coefficient (Wildman–Crippen LogP) is 3.46. The summed E-state index contributed by atoms with van der Waals surface area (Å²) in [5, 5.41) is 26.0. The quantitative estimate of drug-likeness (QED) is 0.415. The van der Waals surface area contributed by atoms with Gasteiger partial charge in [-0.05, 0) is 54.6 Å². The number of nitrogen functional groups attached to an aromatic ring is 1. The Balaban J connectivity index is 1.41. The fraction of sp³-hybridized carbons (Fsp3) is 0. The number of anilines is 1. The van der Waals surface area contributed by atoms with Crippen LogP contribution >= 0.6 is 0 Å². The zero-order valence-corrected chi connectivity index (χ0v) is 16.7. The molecule has 0 saturated heterocycles. The van der Waals surface area contributed by atoms with E-state index in [2.05, 4.69) is 20.6 Å². The average Bonchev–Trinajstić information content (AvgIpc) is 3.50. The van der Waals surface area contributed by atoms with Gasteiger partial charge in [-0.15, -0.1) is 10.2 Å². The monoisotopic (exact) mass is 423 g/mol. The maximum atomic E-state index is 11.0. The molecule has 0 unspecified atom stereocenters. The van der Waals surface area contributed by atoms with E-state index in [1.807, 2.05) is 54.7 Å². The first kappa shape index (κ1) is 19.2. The minimum Gasteiger partial charge on any atom is -0.478 e. The number of carboxylic acids is 1. The largest absolute Gasteiger partial charge is 0.478 e. The van der Waals surface area contributed by atoms with Crippen LogP contribution in [-0.4, -0.2) is 41.1 Å². The van der Waals surface area contributed by atoms with E-state index in [4.69, 9.17) is 10.8 Å². The maximum absolute atomic E-state index is 11.0. The van der Waals surface area contributed by atoms with Crippen molar-refractivity contribution in [1.29, 1.82) is 0 Å². The third-order valence-electron chi connectivity index (χ3n) is 4.98. The van der Waals surface area contributed by atoms with Gasteiger partial charge in [-0.2, -0.15) is 0 Å². The molecule has 2 heterocycles. The van der Waals surface area contributed by atoms with Gasteiger partial charge in [0.05, 0.1) is 29.3 Å². The summed E-state index contributed by atoms with van der Waals surface area (Å²) in [7, 11) is 0. The number of aromatic nitrogens is 6. The van der Waals surface area contributed by atoms with Gasteiger partial charge in [0.25, 0.3) is 0 Å². The van der Waals surface area contributed by atoms with Gasteiger partial charge in [0.2, 0.25) is 0 Å². The Morgan fingerprint density at radius 2 is 1.25 bits per heavy atom. The topological polar surface area (TPSA) is 125 Å². The van der Waals surface area contributed by atoms with Crippen molar-refractivity contribution in [3.63, 3.8) is 0 Å². The molecule has 0 aliphatic rings. The number of aromatic carboxylic acids is 1. The van der Waals surface area contributed by atoms with Gasteiger partial charge in [-0.3, -0.25) is 0 Å². The van der Waals surface area contributed by atoms with Crippen LogP contribution in [0.5, 0.6) is 0 Å². The maximum Gasteiger partial charge on any atom is 0.335 e. The lowest BCUT2D eigenvalue weighted by Gasteiger charge is -2.01. The van der Waals surface area contributed by atoms with Crippen LogP contribution in [0.4, 0.5) is 5.69 Å². The second kappa shape index (κ2) is 7.80. The smallest absolute Gasteiger partial charge is 0.335 e. The minimum absolute atomic E-state index is 0.216. The van der Waals surface area contributed by atoms with E-state index < -0.39 is 5.97 Å². The van der Waals surface area contributed by atoms with Crippen LogP contribution in [-0.2, 0) is 0 Å². The first-order valence-corrected chi connectivity index (χ1v) is 9.72. The predicted molar refractivity (Wildman–Crippen MR) is 119 cm³/mol. The zero-order valence-electron chi connectivity index (χ0n) is 16.7. The van der Waals surface area contributed by atoms with Gasteiger partial charge in [0.1, 0.15) is 11.4 Å². The van der Waals surface area contributed by atoms with Crippen molar-refractivity contribution >= 4 is 11.7 Å². The molecule has 5 aromatic rings. The van der Waals surface area contributed by atoms with E-state index in [0.717, 1.165) is 28.2 Å². The van der Waals surface area contributed by atoms with E-state index in [-0.39, 0.29) is 5.56 Å². The van der Waals surface area contributed by atoms with Crippen LogP contribution in [0.3, 0.4) is 0 Å². The molecule has 156 valence electrons. The number of nitrogens with two attached hydrogens (primary N) is 1. The fourth-order valence-electron chi connectivity index (χ4n) is 3.27. The SMILES string of the molecule is Nc1ccc(-n2cc(-c3cccc(-c4cn(-c5ccc(C(=O)O)cc5)nn4)c3)nn2)cc1. The second-order valence-corrected chi connectivity index (χ2v) is 7.12. The zero-order chi connectivity index (χ0) is 22.1. The average molecular weight is 423 g/mol. The summed E-state index contributed by atoms with van der Waals surface area (Å²) in [6.07, 6.45) is 3.64. The minimum atomic E-state index is -0.971. The van der Waals surface area contributed by atoms with Crippen molar-refractivity contribution in [3.8, 4) is 33.9 Å². The lowest BCUT2D eigenvalue weighted by molar-refractivity contribution is 0.0697. The number of nitrogens with zero attached hydrogens (tertiary/aromatic N) is 6. The highest BCUT2D eigenvalue weighted by Crippen LogP contribution is 2.25. The third kappa shape index (κ3) is 3.70. The molecule has 0 radical (unpaired) electrons. The molecule has 0 fully saturated rings. The number of benzene rings is 3. The van der Waals surface area contributed by atoms with Crippen molar-refractivity contribution in [2.24, 2.45) is 0 Å². The van der Waals surface area contributed by atoms with E-state index in [9.17, 15) is 4.79 Å². The molecule has 5 rings (SSSR count). The van der Waals surface area contributed by atoms with Crippen LogP contribution in [0.25, 0.3) is 33.9 Å². The van der Waals surface area contributed by atoms with E-state index in [1.54, 1.807) is 27.7 Å². The van der Waals surface area contributed by atoms with Crippen LogP contribution < -0.4 is 5.73 Å². The highest BCUT2D eigenvalue weighted by atomic mass is 16.4. The molecule has 9 nitrogen and oxygen atoms in total. The Labute approximate surface area is 182 Å². The Kier molecular flexibility index (Phi) is 4.68. The highest BCUT2D eigenvalue weighted by molar-refractivity contribution is 5.87. The van der Waals surface area contributed by atoms with Crippen molar-refractivity contribution in [2.45, 2.75) is 0 Å². The lowest BCUT2D eigenvalue weighted by Crippen LogP contribution is -1.98. The molecular formula is C23H17N7O2. The van der Waals surface area contributed by atoms with Crippen molar-refractivity contribution < 1.29 is 9.90 Å². The standard InChI is InChI=1S/C23H17N7O2/c24-18-6-10-20(11-7-18)30-14-22(26-28-30)17-3-1-2-16(12-17)21-13-29(27-25-21)19-8-4-15(5-9-19)23(31)32/h1-14H,24H2,(H,31,32). The molecule has 3 aromatic carbocycles. The van der Waals surface area contributed by atoms with Gasteiger partial charge in [0.15, 0.2) is 0 Å². The van der Waals surface area contributed by atoms with Gasteiger partial charge >= 0.3 is 5.97 Å². The Morgan fingerprint density at radius 1 is 0.750 bits per heavy atom. The normalized spacial score (nSPS) is 10.9. The summed E-state index contributed by atoms with van der Waals surface area (Å²) >= 11 is 0. The van der Waals surface area contributed by atoms with Crippen LogP contribution in [0.1, 0.15) is 10.4 Å². The first-order valence-electron chi connectivity index (χ1n) is 9.72. The number of carbonyl (C=O) groups is 1. The van der Waals surface area contributed by atoms with E-state index >= 15 is 0 Å². The summed E-state index contributed by atoms with van der Waals surface area (Å²) < 4.78 is 3.30. The molecule has 0 aliphatic heterocycles. The molecule has 0 bridgehead atoms. The summed E-state index contributed by atoms with van der Waals surface area (Å²) in [6, 6.07) is 21.6. The summed E-state index contributed by atoms with van der Waals surface area (Å²) in [5.74, 6) is -0.971. The van der Waals surface area contributed by atoms with Gasteiger partial charge < -0.3 is 10.8 Å². The fourth-order valence-corrected chi connectivity index (χ4v) is 3.27. The number of carboxylic acid groups (broad SMARTS) is 1. The van der Waals surface area contributed by atoms with Crippen LogP contribution in [0, 0.1) is 0 Å². The number of rotatable bonds is 5. The number of hydrogen-bond donors (Lipinski definition) is 2. The molecule has 32 heavy (non-hydrogen) atoms. The number of hydrogen-bond acceptors (Lipinski definition) is 6. The summed E-state index contributed by atoms with van der Waals surface area (Å²) in [5.41, 5.74) is 11.4. The second-order valence-electron chi connectivity index (χ2n) is 7.12. The summed E-state index contributed by atoms with van der Waals surface area (Å²) in [4.78, 5) is 11.0. The Morgan fingerprint density at radius 3 is 1.75 bits per heavy atom. The molecule has 9 heteroatoms. The first-order chi connectivity index (χ1) is 15.6. The molecule has 0 aliphatic carbocycles. The molecule has 0 atom stereocenters. The van der Waals surface area contributed by atoms with Crippen molar-refractivity contribution in [1.82, 2.24) is 30.0 Å². The van der Waals surface area contributed by atoms with E-state index in [0.29, 0.717) is 11.4 Å². The van der Waals surface area contributed by atoms with Crippen LogP contribution in [0.15, 0.2) is 85.2 Å². The van der Waals surface area contributed by atoms with Crippen molar-refractivity contribution in [2.75, 3.05) is 5.73 Å². The van der Waals surface area contributed by atoms with E-state index in [1.165, 1.54) is 12.1 Å². The molecule has 0 saturated carbocycles. The lowest BCUT2D eigenvalue weighted by atomic mass is 10.1. The van der Waals surface area contributed by atoms with Gasteiger partial charge in [0, 0.05) is 16.8 Å². The van der Waals surface area contributed by atoms with Crippen molar-refractivity contribution in [3.05, 3.63) is 90.8 Å². The molecular weight excluding hydrogens is 406 g/mol. The molecule has 0 spiro atoms. The summed E-state index contributed by atoms with van der Waals surface area (Å²) in [6.45, 7) is 0. The molecule has 2 aromatic heterocycles.